The third kappa shape index (κ3) is 3.37. The quantitative estimate of drug-likeness (QED) is 0.655. The van der Waals surface area contributed by atoms with Gasteiger partial charge < -0.3 is 14.2 Å². The number of aromatic nitrogens is 2. The molecule has 0 saturated heterocycles. The van der Waals surface area contributed by atoms with E-state index in [0.29, 0.717) is 33.7 Å². The average Bonchev–Trinajstić information content (AvgIpc) is 2.66. The zero-order valence-electron chi connectivity index (χ0n) is 14.7. The van der Waals surface area contributed by atoms with Crippen LogP contribution in [-0.2, 0) is 16.1 Å². The van der Waals surface area contributed by atoms with Crippen molar-refractivity contribution in [2.75, 3.05) is 14.2 Å². The first-order valence-electron chi connectivity index (χ1n) is 7.89. The van der Waals surface area contributed by atoms with Gasteiger partial charge in [-0.15, -0.1) is 0 Å². The van der Waals surface area contributed by atoms with Gasteiger partial charge in [0.1, 0.15) is 24.4 Å². The number of carbonyl (C=O) groups is 1. The normalized spacial score (nSPS) is 10.6. The molecule has 26 heavy (non-hydrogen) atoms. The summed E-state index contributed by atoms with van der Waals surface area (Å²) in [5.74, 6) is 0.760. The Labute approximate surface area is 149 Å². The number of ether oxygens (including phenoxy) is 3. The largest absolute Gasteiger partial charge is 0.497 e. The summed E-state index contributed by atoms with van der Waals surface area (Å²) < 4.78 is 16.9. The lowest BCUT2D eigenvalue weighted by Gasteiger charge is -2.14. The zero-order valence-corrected chi connectivity index (χ0v) is 14.7. The van der Waals surface area contributed by atoms with E-state index in [0.717, 1.165) is 0 Å². The first-order valence-corrected chi connectivity index (χ1v) is 7.89. The standard InChI is InChI=1S/C19H18N2O5/c1-12(22)26-10-13-8-14(24-2)5-7-18(13)21-11-20-17-6-4-15(25-3)9-16(17)19(21)23/h4-9,11H,10H2,1-3H3. The number of methoxy groups -OCH3 is 2. The van der Waals surface area contributed by atoms with Crippen LogP contribution in [0.5, 0.6) is 11.5 Å². The molecule has 134 valence electrons. The highest BCUT2D eigenvalue weighted by molar-refractivity contribution is 5.79. The van der Waals surface area contributed by atoms with E-state index in [1.54, 1.807) is 43.5 Å². The molecule has 0 spiro atoms. The van der Waals surface area contributed by atoms with Crippen LogP contribution in [0.1, 0.15) is 12.5 Å². The van der Waals surface area contributed by atoms with Crippen molar-refractivity contribution >= 4 is 16.9 Å². The minimum absolute atomic E-state index is 0.0183. The SMILES string of the molecule is COc1ccc(-n2cnc3ccc(OC)cc3c2=O)c(COC(C)=O)c1. The van der Waals surface area contributed by atoms with Gasteiger partial charge in [-0.2, -0.15) is 0 Å². The van der Waals surface area contributed by atoms with E-state index in [1.165, 1.54) is 24.9 Å². The molecule has 1 aromatic heterocycles. The van der Waals surface area contributed by atoms with E-state index < -0.39 is 5.97 Å². The molecule has 0 fully saturated rings. The molecule has 7 nitrogen and oxygen atoms in total. The number of benzene rings is 2. The summed E-state index contributed by atoms with van der Waals surface area (Å²) in [6.07, 6.45) is 1.45. The highest BCUT2D eigenvalue weighted by Crippen LogP contribution is 2.22. The highest BCUT2D eigenvalue weighted by Gasteiger charge is 2.12. The average molecular weight is 354 g/mol. The minimum atomic E-state index is -0.410. The van der Waals surface area contributed by atoms with Crippen LogP contribution in [0.4, 0.5) is 0 Å². The number of nitrogens with zero attached hydrogens (tertiary/aromatic N) is 2. The summed E-state index contributed by atoms with van der Waals surface area (Å²) in [5, 5.41) is 0.432. The van der Waals surface area contributed by atoms with Crippen molar-refractivity contribution in [2.45, 2.75) is 13.5 Å². The number of hydrogen-bond acceptors (Lipinski definition) is 6. The number of esters is 1. The van der Waals surface area contributed by atoms with E-state index in [4.69, 9.17) is 14.2 Å². The van der Waals surface area contributed by atoms with Crippen molar-refractivity contribution in [3.05, 3.63) is 58.6 Å². The number of fused-ring (bicyclic) bond motifs is 1. The van der Waals surface area contributed by atoms with Gasteiger partial charge in [0.15, 0.2) is 0 Å². The molecule has 3 rings (SSSR count). The molecule has 0 aliphatic carbocycles. The molecule has 0 saturated carbocycles. The second-order valence-electron chi connectivity index (χ2n) is 5.58. The first-order chi connectivity index (χ1) is 12.5. The van der Waals surface area contributed by atoms with E-state index in [-0.39, 0.29) is 12.2 Å². The molecule has 1 heterocycles. The Kier molecular flexibility index (Phi) is 4.88. The van der Waals surface area contributed by atoms with E-state index >= 15 is 0 Å². The summed E-state index contributed by atoms with van der Waals surface area (Å²) in [6.45, 7) is 1.35. The van der Waals surface area contributed by atoms with Crippen LogP contribution in [0.25, 0.3) is 16.6 Å². The molecule has 0 N–H and O–H groups in total. The smallest absolute Gasteiger partial charge is 0.302 e. The lowest BCUT2D eigenvalue weighted by molar-refractivity contribution is -0.142. The predicted octanol–water partition coefficient (Wildman–Crippen LogP) is 2.47. The predicted molar refractivity (Wildman–Crippen MR) is 95.9 cm³/mol. The number of carbonyl (C=O) groups excluding carboxylic acids is 1. The van der Waals surface area contributed by atoms with Crippen LogP contribution in [-0.4, -0.2) is 29.7 Å². The first kappa shape index (κ1) is 17.5. The maximum atomic E-state index is 13.0. The Morgan fingerprint density at radius 2 is 1.77 bits per heavy atom. The molecule has 2 aromatic carbocycles. The van der Waals surface area contributed by atoms with Gasteiger partial charge in [-0.1, -0.05) is 0 Å². The van der Waals surface area contributed by atoms with Crippen molar-refractivity contribution < 1.29 is 19.0 Å². The monoisotopic (exact) mass is 354 g/mol. The molecule has 3 aromatic rings. The van der Waals surface area contributed by atoms with E-state index in [2.05, 4.69) is 4.98 Å². The second kappa shape index (κ2) is 7.26. The molecule has 0 bridgehead atoms. The Morgan fingerprint density at radius 1 is 1.08 bits per heavy atom. The maximum Gasteiger partial charge on any atom is 0.302 e. The molecular formula is C19H18N2O5. The number of rotatable bonds is 5. The third-order valence-corrected chi connectivity index (χ3v) is 3.94. The molecule has 0 aliphatic rings. The topological polar surface area (TPSA) is 79.7 Å². The Morgan fingerprint density at radius 3 is 2.46 bits per heavy atom. The summed E-state index contributed by atoms with van der Waals surface area (Å²) in [7, 11) is 3.08. The third-order valence-electron chi connectivity index (χ3n) is 3.94. The lowest BCUT2D eigenvalue weighted by atomic mass is 10.1. The van der Waals surface area contributed by atoms with Crippen LogP contribution in [0.15, 0.2) is 47.5 Å². The molecule has 0 aliphatic heterocycles. The summed E-state index contributed by atoms with van der Waals surface area (Å²) in [4.78, 5) is 28.5. The fraction of sp³-hybridized carbons (Fsp3) is 0.211. The van der Waals surface area contributed by atoms with E-state index in [9.17, 15) is 9.59 Å². The fourth-order valence-electron chi connectivity index (χ4n) is 2.62. The van der Waals surface area contributed by atoms with Crippen molar-refractivity contribution in [2.24, 2.45) is 0 Å². The number of hydrogen-bond donors (Lipinski definition) is 0. The molecule has 0 unspecified atom stereocenters. The minimum Gasteiger partial charge on any atom is -0.497 e. The molecule has 7 heteroatoms. The van der Waals surface area contributed by atoms with Gasteiger partial charge in [0, 0.05) is 12.5 Å². The van der Waals surface area contributed by atoms with Gasteiger partial charge in [-0.25, -0.2) is 4.98 Å². The molecule has 0 atom stereocenters. The highest BCUT2D eigenvalue weighted by atomic mass is 16.5. The summed E-state index contributed by atoms with van der Waals surface area (Å²) >= 11 is 0. The molecular weight excluding hydrogens is 336 g/mol. The van der Waals surface area contributed by atoms with E-state index in [1.807, 2.05) is 0 Å². The Balaban J connectivity index is 2.17. The Bertz CT molecular complexity index is 1030. The van der Waals surface area contributed by atoms with Crippen molar-refractivity contribution in [1.29, 1.82) is 0 Å². The van der Waals surface area contributed by atoms with Gasteiger partial charge in [0.05, 0.1) is 30.8 Å². The van der Waals surface area contributed by atoms with Crippen molar-refractivity contribution in [3.63, 3.8) is 0 Å². The zero-order chi connectivity index (χ0) is 18.7. The van der Waals surface area contributed by atoms with Crippen LogP contribution in [0.3, 0.4) is 0 Å². The van der Waals surface area contributed by atoms with Crippen LogP contribution in [0, 0.1) is 0 Å². The van der Waals surface area contributed by atoms with Crippen LogP contribution >= 0.6 is 0 Å². The lowest BCUT2D eigenvalue weighted by Crippen LogP contribution is -2.20. The summed E-state index contributed by atoms with van der Waals surface area (Å²) in [6, 6.07) is 10.3. The van der Waals surface area contributed by atoms with Gasteiger partial charge >= 0.3 is 5.97 Å². The molecule has 0 radical (unpaired) electrons. The van der Waals surface area contributed by atoms with Crippen molar-refractivity contribution in [1.82, 2.24) is 9.55 Å². The van der Waals surface area contributed by atoms with Crippen molar-refractivity contribution in [3.8, 4) is 17.2 Å². The van der Waals surface area contributed by atoms with Gasteiger partial charge in [0.2, 0.25) is 0 Å². The Hall–Kier alpha value is -3.35. The van der Waals surface area contributed by atoms with Crippen LogP contribution < -0.4 is 15.0 Å². The summed E-state index contributed by atoms with van der Waals surface area (Å²) in [5.41, 5.74) is 1.52. The van der Waals surface area contributed by atoms with Gasteiger partial charge in [-0.3, -0.25) is 14.2 Å². The second-order valence-corrected chi connectivity index (χ2v) is 5.58. The van der Waals surface area contributed by atoms with Gasteiger partial charge in [-0.05, 0) is 36.4 Å². The van der Waals surface area contributed by atoms with Gasteiger partial charge in [0.25, 0.3) is 5.56 Å². The van der Waals surface area contributed by atoms with Crippen LogP contribution in [0.2, 0.25) is 0 Å². The maximum absolute atomic E-state index is 13.0. The fourth-order valence-corrected chi connectivity index (χ4v) is 2.62. The molecule has 0 amide bonds.